The third kappa shape index (κ3) is 1.70. The van der Waals surface area contributed by atoms with Crippen molar-refractivity contribution in [3.63, 3.8) is 0 Å². The first-order valence-electron chi connectivity index (χ1n) is 8.53. The van der Waals surface area contributed by atoms with Crippen LogP contribution in [-0.4, -0.2) is 34.6 Å². The van der Waals surface area contributed by atoms with Crippen LogP contribution in [0.1, 0.15) is 5.56 Å². The molecular weight excluding hydrogens is 348 g/mol. The van der Waals surface area contributed by atoms with E-state index in [1.54, 1.807) is 16.7 Å². The summed E-state index contributed by atoms with van der Waals surface area (Å²) in [5.41, 5.74) is 7.41. The second-order valence-corrected chi connectivity index (χ2v) is 6.55. The molecule has 134 valence electrons. The predicted octanol–water partition coefficient (Wildman–Crippen LogP) is 1.20. The van der Waals surface area contributed by atoms with Crippen LogP contribution in [0.5, 0.6) is 11.5 Å². The summed E-state index contributed by atoms with van der Waals surface area (Å²) in [5, 5.41) is 5.87. The number of anilines is 2. The van der Waals surface area contributed by atoms with Gasteiger partial charge in [0.05, 0.1) is 16.7 Å². The van der Waals surface area contributed by atoms with Crippen LogP contribution in [0.25, 0.3) is 11.0 Å². The average Bonchev–Trinajstić information content (AvgIpc) is 3.16. The van der Waals surface area contributed by atoms with Gasteiger partial charge in [0.2, 0.25) is 11.6 Å². The summed E-state index contributed by atoms with van der Waals surface area (Å²) in [6.07, 6.45) is 0. The van der Waals surface area contributed by atoms with Crippen LogP contribution in [0.4, 0.5) is 11.6 Å². The number of aromatic nitrogens is 2. The summed E-state index contributed by atoms with van der Waals surface area (Å²) < 4.78 is 13.1. The molecule has 6 rings (SSSR count). The first kappa shape index (κ1) is 14.4. The molecule has 3 aliphatic rings. The molecule has 2 aromatic carbocycles. The van der Waals surface area contributed by atoms with E-state index in [9.17, 15) is 4.79 Å². The molecule has 9 nitrogen and oxygen atoms in total. The maximum Gasteiger partial charge on any atom is 0.278 e. The summed E-state index contributed by atoms with van der Waals surface area (Å²) in [4.78, 5) is 22.4. The van der Waals surface area contributed by atoms with Crippen LogP contribution >= 0.6 is 0 Å². The highest BCUT2D eigenvalue weighted by molar-refractivity contribution is 6.11. The van der Waals surface area contributed by atoms with E-state index >= 15 is 0 Å². The van der Waals surface area contributed by atoms with E-state index in [4.69, 9.17) is 15.2 Å². The Morgan fingerprint density at radius 3 is 2.74 bits per heavy atom. The van der Waals surface area contributed by atoms with Gasteiger partial charge in [-0.3, -0.25) is 14.7 Å². The molecule has 3 aliphatic heterocycles. The number of para-hydroxylation sites is 2. The lowest BCUT2D eigenvalue weighted by Crippen LogP contribution is -2.47. The monoisotopic (exact) mass is 362 g/mol. The van der Waals surface area contributed by atoms with E-state index in [1.807, 2.05) is 24.3 Å². The van der Waals surface area contributed by atoms with Crippen molar-refractivity contribution in [1.82, 2.24) is 9.55 Å². The van der Waals surface area contributed by atoms with Gasteiger partial charge < -0.3 is 20.5 Å². The predicted molar refractivity (Wildman–Crippen MR) is 98.1 cm³/mol. The van der Waals surface area contributed by atoms with E-state index in [-0.39, 0.29) is 11.9 Å². The van der Waals surface area contributed by atoms with Gasteiger partial charge in [0.1, 0.15) is 13.2 Å². The van der Waals surface area contributed by atoms with E-state index in [1.165, 1.54) is 0 Å². The minimum atomic E-state index is -1.40. The van der Waals surface area contributed by atoms with Crippen LogP contribution in [0.15, 0.2) is 41.4 Å². The Hall–Kier alpha value is -3.75. The molecule has 1 spiro atoms. The molecule has 0 radical (unpaired) electrons. The fourth-order valence-electron chi connectivity index (χ4n) is 3.95. The number of nitrogens with zero attached hydrogens (tertiary/aromatic N) is 3. The lowest BCUT2D eigenvalue weighted by Gasteiger charge is -2.31. The first-order chi connectivity index (χ1) is 13.2. The van der Waals surface area contributed by atoms with Gasteiger partial charge in [-0.05, 0) is 18.2 Å². The Bertz CT molecular complexity index is 1180. The number of carbonyl (C=O) groups excluding carboxylic acids is 1. The number of benzene rings is 2. The zero-order chi connectivity index (χ0) is 18.2. The number of nitrogens with one attached hydrogen (secondary N) is 2. The SMILES string of the molecule is NC1=N[C@@]2(C(=O)Nc3cc4c(cc32)OCCO4)n2c(nc3ccccc32)N1. The van der Waals surface area contributed by atoms with Crippen LogP contribution in [0.3, 0.4) is 0 Å². The molecular formula is C18H14N6O3. The van der Waals surface area contributed by atoms with Crippen molar-refractivity contribution in [2.24, 2.45) is 10.7 Å². The number of guanidine groups is 1. The third-order valence-corrected chi connectivity index (χ3v) is 5.03. The second kappa shape index (κ2) is 4.70. The minimum absolute atomic E-state index is 0.121. The largest absolute Gasteiger partial charge is 0.486 e. The highest BCUT2D eigenvalue weighted by atomic mass is 16.6. The number of rotatable bonds is 0. The Labute approximate surface area is 152 Å². The average molecular weight is 362 g/mol. The number of ether oxygens (including phenoxy) is 2. The summed E-state index contributed by atoms with van der Waals surface area (Å²) >= 11 is 0. The van der Waals surface area contributed by atoms with Gasteiger partial charge >= 0.3 is 0 Å². The van der Waals surface area contributed by atoms with Crippen molar-refractivity contribution in [3.05, 3.63) is 42.0 Å². The summed E-state index contributed by atoms with van der Waals surface area (Å²) in [6, 6.07) is 11.1. The van der Waals surface area contributed by atoms with Gasteiger partial charge in [-0.15, -0.1) is 0 Å². The molecule has 0 bridgehead atoms. The summed E-state index contributed by atoms with van der Waals surface area (Å²) in [7, 11) is 0. The molecule has 1 atom stereocenters. The fraction of sp³-hybridized carbons (Fsp3) is 0.167. The Kier molecular flexibility index (Phi) is 2.51. The number of hydrogen-bond donors (Lipinski definition) is 3. The van der Waals surface area contributed by atoms with E-state index < -0.39 is 5.66 Å². The Morgan fingerprint density at radius 1 is 1.11 bits per heavy atom. The number of imidazole rings is 1. The highest BCUT2D eigenvalue weighted by Crippen LogP contribution is 2.49. The minimum Gasteiger partial charge on any atom is -0.486 e. The third-order valence-electron chi connectivity index (χ3n) is 5.03. The number of aliphatic imine (C=N–C) groups is 1. The molecule has 3 aromatic rings. The lowest BCUT2D eigenvalue weighted by atomic mass is 9.99. The highest BCUT2D eigenvalue weighted by Gasteiger charge is 2.53. The van der Waals surface area contributed by atoms with Crippen LogP contribution in [0.2, 0.25) is 0 Å². The maximum absolute atomic E-state index is 13.2. The Balaban J connectivity index is 1.70. The van der Waals surface area contributed by atoms with Gasteiger partial charge in [-0.2, -0.15) is 0 Å². The Morgan fingerprint density at radius 2 is 1.89 bits per heavy atom. The fourth-order valence-corrected chi connectivity index (χ4v) is 3.95. The smallest absolute Gasteiger partial charge is 0.278 e. The number of carbonyl (C=O) groups is 1. The molecule has 0 unspecified atom stereocenters. The maximum atomic E-state index is 13.2. The van der Waals surface area contributed by atoms with Crippen molar-refractivity contribution >= 4 is 34.5 Å². The molecule has 0 saturated carbocycles. The van der Waals surface area contributed by atoms with Gasteiger partial charge in [0.15, 0.2) is 17.5 Å². The zero-order valence-corrected chi connectivity index (χ0v) is 14.0. The van der Waals surface area contributed by atoms with Gasteiger partial charge in [-0.25, -0.2) is 9.98 Å². The zero-order valence-electron chi connectivity index (χ0n) is 14.0. The van der Waals surface area contributed by atoms with Gasteiger partial charge in [-0.1, -0.05) is 12.1 Å². The van der Waals surface area contributed by atoms with Crippen molar-refractivity contribution in [1.29, 1.82) is 0 Å². The van der Waals surface area contributed by atoms with Gasteiger partial charge in [0.25, 0.3) is 5.91 Å². The van der Waals surface area contributed by atoms with Crippen molar-refractivity contribution in [3.8, 4) is 11.5 Å². The number of nitrogens with two attached hydrogens (primary N) is 1. The molecule has 4 heterocycles. The molecule has 1 aromatic heterocycles. The molecule has 0 fully saturated rings. The normalized spacial score (nSPS) is 22.1. The molecule has 1 amide bonds. The molecule has 27 heavy (non-hydrogen) atoms. The van der Waals surface area contributed by atoms with Gasteiger partial charge in [0, 0.05) is 11.6 Å². The van der Waals surface area contributed by atoms with Crippen molar-refractivity contribution in [2.75, 3.05) is 23.8 Å². The second-order valence-electron chi connectivity index (χ2n) is 6.55. The lowest BCUT2D eigenvalue weighted by molar-refractivity contribution is -0.121. The topological polar surface area (TPSA) is 116 Å². The summed E-state index contributed by atoms with van der Waals surface area (Å²) in [6.45, 7) is 0.919. The number of fused-ring (bicyclic) bond motifs is 7. The van der Waals surface area contributed by atoms with Crippen LogP contribution < -0.4 is 25.8 Å². The number of amides is 1. The van der Waals surface area contributed by atoms with Crippen molar-refractivity contribution in [2.45, 2.75) is 5.66 Å². The van der Waals surface area contributed by atoms with E-state index in [0.717, 1.165) is 11.0 Å². The molecule has 0 aliphatic carbocycles. The standard InChI is InChI=1S/C18H14N6O3/c19-16-22-17-21-10-3-1-2-4-12(10)24(17)18(23-16)9-7-13-14(27-6-5-26-13)8-11(9)20-15(18)25/h1-4,7-8H,5-6H2,(H,20,25)(H3,19,21,22,23)/t18-/m1/s1. The summed E-state index contributed by atoms with van der Waals surface area (Å²) in [5.74, 6) is 1.44. The number of hydrogen-bond acceptors (Lipinski definition) is 7. The van der Waals surface area contributed by atoms with Crippen molar-refractivity contribution < 1.29 is 14.3 Å². The quantitative estimate of drug-likeness (QED) is 0.553. The van der Waals surface area contributed by atoms with Crippen LogP contribution in [0, 0.1) is 0 Å². The molecule has 9 heteroatoms. The first-order valence-corrected chi connectivity index (χ1v) is 8.53. The van der Waals surface area contributed by atoms with E-state index in [2.05, 4.69) is 20.6 Å². The molecule has 4 N–H and O–H groups in total. The molecule has 0 saturated heterocycles. The van der Waals surface area contributed by atoms with E-state index in [0.29, 0.717) is 41.9 Å². The van der Waals surface area contributed by atoms with Crippen LogP contribution in [-0.2, 0) is 10.5 Å².